The van der Waals surface area contributed by atoms with Crippen molar-refractivity contribution in [3.63, 3.8) is 0 Å². The van der Waals surface area contributed by atoms with Gasteiger partial charge in [-0.25, -0.2) is 4.98 Å². The van der Waals surface area contributed by atoms with Crippen LogP contribution in [0.3, 0.4) is 0 Å². The van der Waals surface area contributed by atoms with Crippen molar-refractivity contribution in [3.8, 4) is 0 Å². The summed E-state index contributed by atoms with van der Waals surface area (Å²) in [6.07, 6.45) is 1.70. The van der Waals surface area contributed by atoms with Crippen LogP contribution in [-0.2, 0) is 0 Å². The molecule has 0 saturated heterocycles. The van der Waals surface area contributed by atoms with Crippen LogP contribution >= 0.6 is 27.3 Å². The van der Waals surface area contributed by atoms with Crippen molar-refractivity contribution < 1.29 is 4.79 Å². The van der Waals surface area contributed by atoms with Gasteiger partial charge in [-0.15, -0.1) is 0 Å². The van der Waals surface area contributed by atoms with E-state index >= 15 is 0 Å². The molecule has 19 heavy (non-hydrogen) atoms. The number of nitrogens with one attached hydrogen (secondary N) is 1. The largest absolute Gasteiger partial charge is 0.294 e. The smallest absolute Gasteiger partial charge is 0.204 e. The van der Waals surface area contributed by atoms with Crippen LogP contribution in [0, 0.1) is 6.92 Å². The Kier molecular flexibility index (Phi) is 4.44. The summed E-state index contributed by atoms with van der Waals surface area (Å²) in [5.41, 5.74) is 4.54. The number of anilines is 1. The van der Waals surface area contributed by atoms with Gasteiger partial charge in [-0.3, -0.25) is 10.2 Å². The summed E-state index contributed by atoms with van der Waals surface area (Å²) >= 11 is 4.75. The predicted molar refractivity (Wildman–Crippen MR) is 82.2 cm³/mol. The Labute approximate surface area is 123 Å². The maximum Gasteiger partial charge on any atom is 0.204 e. The Hall–Kier alpha value is -1.53. The maximum atomic E-state index is 11.3. The molecule has 0 aliphatic carbocycles. The van der Waals surface area contributed by atoms with Gasteiger partial charge >= 0.3 is 0 Å². The molecule has 2 rings (SSSR count). The molecule has 0 atom stereocenters. The molecule has 0 bridgehead atoms. The van der Waals surface area contributed by atoms with Crippen molar-refractivity contribution in [2.24, 2.45) is 5.10 Å². The first-order valence-electron chi connectivity index (χ1n) is 5.60. The minimum absolute atomic E-state index is 0.0258. The molecule has 0 aliphatic rings. The molecule has 0 unspecified atom stereocenters. The van der Waals surface area contributed by atoms with Crippen LogP contribution in [0.5, 0.6) is 0 Å². The highest BCUT2D eigenvalue weighted by atomic mass is 79.9. The Morgan fingerprint density at radius 3 is 2.84 bits per heavy atom. The zero-order valence-electron chi connectivity index (χ0n) is 10.5. The molecule has 1 aromatic carbocycles. The number of hydrazone groups is 1. The Morgan fingerprint density at radius 1 is 1.47 bits per heavy atom. The number of hydrogen-bond acceptors (Lipinski definition) is 5. The molecule has 4 nitrogen and oxygen atoms in total. The summed E-state index contributed by atoms with van der Waals surface area (Å²) in [6, 6.07) is 7.78. The second kappa shape index (κ2) is 6.08. The zero-order chi connectivity index (χ0) is 13.8. The van der Waals surface area contributed by atoms with E-state index in [2.05, 4.69) is 31.4 Å². The van der Waals surface area contributed by atoms with Crippen LogP contribution in [0.2, 0.25) is 0 Å². The monoisotopic (exact) mass is 337 g/mol. The number of aryl methyl sites for hydroxylation is 1. The van der Waals surface area contributed by atoms with Crippen molar-refractivity contribution in [3.05, 3.63) is 44.9 Å². The SMILES string of the molecule is CC(=O)c1sc(N/N=C/c2ccccc2Br)nc1C. The van der Waals surface area contributed by atoms with Gasteiger partial charge in [-0.2, -0.15) is 5.10 Å². The number of rotatable bonds is 4. The highest BCUT2D eigenvalue weighted by Gasteiger charge is 2.10. The average molecular weight is 338 g/mol. The highest BCUT2D eigenvalue weighted by molar-refractivity contribution is 9.10. The van der Waals surface area contributed by atoms with Gasteiger partial charge in [0.2, 0.25) is 5.13 Å². The number of Topliss-reactive ketones (excluding diaryl/α,β-unsaturated/α-hetero) is 1. The minimum Gasteiger partial charge on any atom is -0.294 e. The molecule has 1 heterocycles. The molecule has 98 valence electrons. The molecule has 0 aliphatic heterocycles. The fourth-order valence-electron chi connectivity index (χ4n) is 1.51. The number of aromatic nitrogens is 1. The maximum absolute atomic E-state index is 11.3. The van der Waals surface area contributed by atoms with Crippen LogP contribution in [-0.4, -0.2) is 17.0 Å². The van der Waals surface area contributed by atoms with E-state index in [-0.39, 0.29) is 5.78 Å². The summed E-state index contributed by atoms with van der Waals surface area (Å²) < 4.78 is 0.972. The first-order valence-corrected chi connectivity index (χ1v) is 7.21. The molecule has 1 N–H and O–H groups in total. The van der Waals surface area contributed by atoms with Gasteiger partial charge in [0.25, 0.3) is 0 Å². The van der Waals surface area contributed by atoms with Gasteiger partial charge in [0, 0.05) is 17.0 Å². The third-order valence-corrected chi connectivity index (χ3v) is 4.27. The second-order valence-electron chi connectivity index (χ2n) is 3.88. The lowest BCUT2D eigenvalue weighted by atomic mass is 10.2. The van der Waals surface area contributed by atoms with E-state index in [0.717, 1.165) is 15.7 Å². The lowest BCUT2D eigenvalue weighted by molar-refractivity contribution is 0.102. The lowest BCUT2D eigenvalue weighted by Gasteiger charge is -1.96. The van der Waals surface area contributed by atoms with Crippen LogP contribution in [0.1, 0.15) is 27.9 Å². The second-order valence-corrected chi connectivity index (χ2v) is 5.73. The molecular formula is C13H12BrN3OS. The number of thiazole rings is 1. The van der Waals surface area contributed by atoms with Gasteiger partial charge in [-0.05, 0) is 13.0 Å². The summed E-state index contributed by atoms with van der Waals surface area (Å²) in [5.74, 6) is 0.0258. The number of halogens is 1. The number of carbonyl (C=O) groups is 1. The number of nitrogens with zero attached hydrogens (tertiary/aromatic N) is 2. The number of hydrogen-bond donors (Lipinski definition) is 1. The third kappa shape index (κ3) is 3.48. The van der Waals surface area contributed by atoms with E-state index in [1.807, 2.05) is 31.2 Å². The lowest BCUT2D eigenvalue weighted by Crippen LogP contribution is -1.90. The van der Waals surface area contributed by atoms with Crippen LogP contribution in [0.4, 0.5) is 5.13 Å². The van der Waals surface area contributed by atoms with E-state index in [0.29, 0.717) is 10.0 Å². The van der Waals surface area contributed by atoms with E-state index in [4.69, 9.17) is 0 Å². The molecular weight excluding hydrogens is 326 g/mol. The van der Waals surface area contributed by atoms with E-state index in [9.17, 15) is 4.79 Å². The van der Waals surface area contributed by atoms with Gasteiger partial charge in [-0.1, -0.05) is 45.5 Å². The summed E-state index contributed by atoms with van der Waals surface area (Å²) in [6.45, 7) is 3.35. The van der Waals surface area contributed by atoms with Crippen molar-refractivity contribution in [2.45, 2.75) is 13.8 Å². The quantitative estimate of drug-likeness (QED) is 0.523. The molecule has 1 aromatic heterocycles. The Morgan fingerprint density at radius 2 is 2.21 bits per heavy atom. The van der Waals surface area contributed by atoms with Crippen molar-refractivity contribution in [1.82, 2.24) is 4.98 Å². The first kappa shape index (κ1) is 13.9. The standard InChI is InChI=1S/C13H12BrN3OS/c1-8-12(9(2)18)19-13(16-8)17-15-7-10-5-3-4-6-11(10)14/h3-7H,1-2H3,(H,16,17)/b15-7+. The van der Waals surface area contributed by atoms with Gasteiger partial charge < -0.3 is 0 Å². The average Bonchev–Trinajstić information content (AvgIpc) is 2.73. The third-order valence-electron chi connectivity index (χ3n) is 2.39. The zero-order valence-corrected chi connectivity index (χ0v) is 12.9. The number of benzene rings is 1. The Bertz CT molecular complexity index is 637. The number of ketones is 1. The minimum atomic E-state index is 0.0258. The van der Waals surface area contributed by atoms with Crippen molar-refractivity contribution in [2.75, 3.05) is 5.43 Å². The summed E-state index contributed by atoms with van der Waals surface area (Å²) in [4.78, 5) is 16.2. The van der Waals surface area contributed by atoms with Crippen molar-refractivity contribution >= 4 is 44.4 Å². The van der Waals surface area contributed by atoms with Gasteiger partial charge in [0.05, 0.1) is 16.8 Å². The molecule has 6 heteroatoms. The Balaban J connectivity index is 2.09. The number of carbonyl (C=O) groups excluding carboxylic acids is 1. The van der Waals surface area contributed by atoms with Crippen LogP contribution in [0.25, 0.3) is 0 Å². The predicted octanol–water partition coefficient (Wildman–Crippen LogP) is 3.86. The molecule has 0 spiro atoms. The fraction of sp³-hybridized carbons (Fsp3) is 0.154. The highest BCUT2D eigenvalue weighted by Crippen LogP contribution is 2.22. The molecule has 0 fully saturated rings. The molecule has 0 saturated carbocycles. The fourth-order valence-corrected chi connectivity index (χ4v) is 2.71. The normalized spacial score (nSPS) is 10.9. The van der Waals surface area contributed by atoms with E-state index in [1.165, 1.54) is 18.3 Å². The summed E-state index contributed by atoms with van der Waals surface area (Å²) in [7, 11) is 0. The van der Waals surface area contributed by atoms with Gasteiger partial charge in [0.1, 0.15) is 0 Å². The molecule has 0 radical (unpaired) electrons. The molecule has 0 amide bonds. The topological polar surface area (TPSA) is 54.4 Å². The van der Waals surface area contributed by atoms with E-state index < -0.39 is 0 Å². The summed E-state index contributed by atoms with van der Waals surface area (Å²) in [5, 5.41) is 4.73. The molecule has 2 aromatic rings. The van der Waals surface area contributed by atoms with Crippen molar-refractivity contribution in [1.29, 1.82) is 0 Å². The van der Waals surface area contributed by atoms with Crippen LogP contribution in [0.15, 0.2) is 33.8 Å². The van der Waals surface area contributed by atoms with Crippen LogP contribution < -0.4 is 5.43 Å². The van der Waals surface area contributed by atoms with E-state index in [1.54, 1.807) is 6.21 Å². The van der Waals surface area contributed by atoms with Gasteiger partial charge in [0.15, 0.2) is 5.78 Å². The first-order chi connectivity index (χ1) is 9.08.